The predicted octanol–water partition coefficient (Wildman–Crippen LogP) is 1.84. The molecule has 1 amide bonds. The number of amides is 1. The minimum absolute atomic E-state index is 0.0145. The lowest BCUT2D eigenvalue weighted by atomic mass is 9.93. The molecule has 0 bridgehead atoms. The molecule has 0 aliphatic carbocycles. The second-order valence-corrected chi connectivity index (χ2v) is 5.11. The van der Waals surface area contributed by atoms with Crippen LogP contribution in [0.5, 0.6) is 0 Å². The number of nitrogens with two attached hydrogens (primary N) is 1. The first-order valence-corrected chi connectivity index (χ1v) is 7.30. The summed E-state index contributed by atoms with van der Waals surface area (Å²) in [6.07, 6.45) is 0.878. The molecule has 0 radical (unpaired) electrons. The Kier molecular flexibility index (Phi) is 6.68. The van der Waals surface area contributed by atoms with E-state index >= 15 is 0 Å². The number of carbonyl (C=O) groups excluding carboxylic acids is 1. The average molecular weight is 277 g/mol. The highest BCUT2D eigenvalue weighted by atomic mass is 16.1. The van der Waals surface area contributed by atoms with Crippen molar-refractivity contribution in [3.63, 3.8) is 0 Å². The van der Waals surface area contributed by atoms with Gasteiger partial charge in [0.2, 0.25) is 5.91 Å². The van der Waals surface area contributed by atoms with Crippen molar-refractivity contribution in [3.8, 4) is 0 Å². The smallest absolute Gasteiger partial charge is 0.233 e. The normalized spacial score (nSPS) is 14.1. The van der Waals surface area contributed by atoms with E-state index in [2.05, 4.69) is 43.1 Å². The number of nitrogens with zero attached hydrogens (tertiary/aromatic N) is 1. The molecule has 0 heterocycles. The number of aryl methyl sites for hydroxylation is 1. The van der Waals surface area contributed by atoms with Gasteiger partial charge >= 0.3 is 0 Å². The van der Waals surface area contributed by atoms with Crippen molar-refractivity contribution < 1.29 is 4.79 Å². The van der Waals surface area contributed by atoms with Gasteiger partial charge in [-0.1, -0.05) is 38.1 Å². The molecule has 0 saturated carbocycles. The molecule has 2 atom stereocenters. The first-order valence-electron chi connectivity index (χ1n) is 7.30. The summed E-state index contributed by atoms with van der Waals surface area (Å²) in [5.41, 5.74) is 8.77. The van der Waals surface area contributed by atoms with Crippen LogP contribution in [0.3, 0.4) is 0 Å². The summed E-state index contributed by atoms with van der Waals surface area (Å²) in [5.74, 6) is 0.0220. The first kappa shape index (κ1) is 16.7. The summed E-state index contributed by atoms with van der Waals surface area (Å²) >= 11 is 0. The molecule has 1 rings (SSSR count). The molecule has 4 heteroatoms. The summed E-state index contributed by atoms with van der Waals surface area (Å²) in [7, 11) is 1.67. The SMILES string of the molecule is CCC(N)C(c1ccccc1C)N(CC)CC(=O)NC. The maximum Gasteiger partial charge on any atom is 0.233 e. The third-order valence-electron chi connectivity index (χ3n) is 3.81. The van der Waals surface area contributed by atoms with Gasteiger partial charge in [0, 0.05) is 13.1 Å². The van der Waals surface area contributed by atoms with Gasteiger partial charge in [-0.2, -0.15) is 0 Å². The van der Waals surface area contributed by atoms with Crippen molar-refractivity contribution >= 4 is 5.91 Å². The van der Waals surface area contributed by atoms with Crippen molar-refractivity contribution in [3.05, 3.63) is 35.4 Å². The van der Waals surface area contributed by atoms with Crippen LogP contribution in [0.25, 0.3) is 0 Å². The van der Waals surface area contributed by atoms with Crippen molar-refractivity contribution in [2.75, 3.05) is 20.1 Å². The Hall–Kier alpha value is -1.39. The molecule has 0 aliphatic heterocycles. The van der Waals surface area contributed by atoms with Crippen molar-refractivity contribution in [1.29, 1.82) is 0 Å². The van der Waals surface area contributed by atoms with E-state index in [0.717, 1.165) is 13.0 Å². The van der Waals surface area contributed by atoms with Crippen LogP contribution in [0.1, 0.15) is 37.4 Å². The third-order valence-corrected chi connectivity index (χ3v) is 3.81. The molecule has 0 fully saturated rings. The molecule has 1 aromatic carbocycles. The molecule has 1 aromatic rings. The number of rotatable bonds is 7. The largest absolute Gasteiger partial charge is 0.358 e. The van der Waals surface area contributed by atoms with Crippen LogP contribution >= 0.6 is 0 Å². The first-order chi connectivity index (χ1) is 9.54. The zero-order valence-corrected chi connectivity index (χ0v) is 13.0. The fourth-order valence-corrected chi connectivity index (χ4v) is 2.51. The Morgan fingerprint density at radius 1 is 1.35 bits per heavy atom. The molecule has 4 nitrogen and oxygen atoms in total. The second kappa shape index (κ2) is 8.02. The summed E-state index contributed by atoms with van der Waals surface area (Å²) in [6, 6.07) is 8.36. The molecular formula is C16H27N3O. The summed E-state index contributed by atoms with van der Waals surface area (Å²) < 4.78 is 0. The molecule has 2 unspecified atom stereocenters. The van der Waals surface area contributed by atoms with E-state index in [1.165, 1.54) is 11.1 Å². The van der Waals surface area contributed by atoms with Gasteiger partial charge in [0.05, 0.1) is 12.6 Å². The summed E-state index contributed by atoms with van der Waals surface area (Å²) in [4.78, 5) is 13.9. The number of hydrogen-bond donors (Lipinski definition) is 2. The van der Waals surface area contributed by atoms with Gasteiger partial charge in [0.1, 0.15) is 0 Å². The van der Waals surface area contributed by atoms with E-state index in [9.17, 15) is 4.79 Å². The molecule has 3 N–H and O–H groups in total. The van der Waals surface area contributed by atoms with E-state index in [1.54, 1.807) is 7.05 Å². The van der Waals surface area contributed by atoms with Gasteiger partial charge in [-0.05, 0) is 31.0 Å². The monoisotopic (exact) mass is 277 g/mol. The average Bonchev–Trinajstić information content (AvgIpc) is 2.47. The van der Waals surface area contributed by atoms with Gasteiger partial charge in [0.25, 0.3) is 0 Å². The summed E-state index contributed by atoms with van der Waals surface area (Å²) in [5, 5.41) is 2.69. The van der Waals surface area contributed by atoms with Crippen molar-refractivity contribution in [1.82, 2.24) is 10.2 Å². The Labute approximate surface area is 122 Å². The lowest BCUT2D eigenvalue weighted by Crippen LogP contribution is -2.45. The second-order valence-electron chi connectivity index (χ2n) is 5.11. The van der Waals surface area contributed by atoms with E-state index < -0.39 is 0 Å². The zero-order chi connectivity index (χ0) is 15.1. The quantitative estimate of drug-likeness (QED) is 0.799. The lowest BCUT2D eigenvalue weighted by molar-refractivity contribution is -0.122. The van der Waals surface area contributed by atoms with E-state index in [1.807, 2.05) is 12.1 Å². The Bertz CT molecular complexity index is 433. The number of likely N-dealkylation sites (N-methyl/N-ethyl adjacent to an activating group) is 2. The maximum atomic E-state index is 11.7. The highest BCUT2D eigenvalue weighted by Crippen LogP contribution is 2.27. The predicted molar refractivity (Wildman–Crippen MR) is 83.5 cm³/mol. The Morgan fingerprint density at radius 2 is 2.00 bits per heavy atom. The zero-order valence-electron chi connectivity index (χ0n) is 13.0. The molecule has 20 heavy (non-hydrogen) atoms. The van der Waals surface area contributed by atoms with Crippen molar-refractivity contribution in [2.45, 2.75) is 39.3 Å². The van der Waals surface area contributed by atoms with Gasteiger partial charge in [-0.15, -0.1) is 0 Å². The number of nitrogens with one attached hydrogen (secondary N) is 1. The number of carbonyl (C=O) groups is 1. The molecule has 0 aromatic heterocycles. The highest BCUT2D eigenvalue weighted by molar-refractivity contribution is 5.77. The van der Waals surface area contributed by atoms with E-state index in [-0.39, 0.29) is 18.0 Å². The van der Waals surface area contributed by atoms with Gasteiger partial charge in [-0.3, -0.25) is 9.69 Å². The third kappa shape index (κ3) is 4.05. The van der Waals surface area contributed by atoms with Crippen LogP contribution < -0.4 is 11.1 Å². The van der Waals surface area contributed by atoms with E-state index in [0.29, 0.717) is 6.54 Å². The minimum atomic E-state index is 0.0145. The van der Waals surface area contributed by atoms with Gasteiger partial charge in [-0.25, -0.2) is 0 Å². The topological polar surface area (TPSA) is 58.4 Å². The van der Waals surface area contributed by atoms with Crippen LogP contribution in [0, 0.1) is 6.92 Å². The molecule has 0 aliphatic rings. The molecule has 0 spiro atoms. The summed E-state index contributed by atoms with van der Waals surface area (Å²) in [6.45, 7) is 7.42. The fourth-order valence-electron chi connectivity index (χ4n) is 2.51. The number of benzene rings is 1. The van der Waals surface area contributed by atoms with Crippen LogP contribution in [-0.2, 0) is 4.79 Å². The minimum Gasteiger partial charge on any atom is -0.358 e. The standard InChI is InChI=1S/C16H27N3O/c1-5-14(17)16(13-10-8-7-9-12(13)3)19(6-2)11-15(20)18-4/h7-10,14,16H,5-6,11,17H2,1-4H3,(H,18,20). The Balaban J connectivity index is 3.10. The molecule has 112 valence electrons. The molecule has 0 saturated heterocycles. The molecular weight excluding hydrogens is 250 g/mol. The Morgan fingerprint density at radius 3 is 2.50 bits per heavy atom. The lowest BCUT2D eigenvalue weighted by Gasteiger charge is -2.35. The van der Waals surface area contributed by atoms with Crippen LogP contribution in [0.2, 0.25) is 0 Å². The van der Waals surface area contributed by atoms with Crippen molar-refractivity contribution in [2.24, 2.45) is 5.73 Å². The van der Waals surface area contributed by atoms with E-state index in [4.69, 9.17) is 5.73 Å². The van der Waals surface area contributed by atoms with Gasteiger partial charge in [0.15, 0.2) is 0 Å². The maximum absolute atomic E-state index is 11.7. The van der Waals surface area contributed by atoms with Crippen LogP contribution in [0.15, 0.2) is 24.3 Å². The number of hydrogen-bond acceptors (Lipinski definition) is 3. The van der Waals surface area contributed by atoms with Crippen LogP contribution in [-0.4, -0.2) is 37.0 Å². The highest BCUT2D eigenvalue weighted by Gasteiger charge is 2.27. The fraction of sp³-hybridized carbons (Fsp3) is 0.562. The van der Waals surface area contributed by atoms with Crippen LogP contribution in [0.4, 0.5) is 0 Å². The van der Waals surface area contributed by atoms with Gasteiger partial charge < -0.3 is 11.1 Å².